The van der Waals surface area contributed by atoms with Crippen molar-refractivity contribution in [2.75, 3.05) is 7.05 Å². The van der Waals surface area contributed by atoms with Gasteiger partial charge in [0.05, 0.1) is 0 Å². The maximum atomic E-state index is 12.5. The number of carbonyl (C=O) groups excluding carboxylic acids is 3. The van der Waals surface area contributed by atoms with E-state index >= 15 is 0 Å². The molecule has 2 saturated carbocycles. The predicted molar refractivity (Wildman–Crippen MR) is 146 cm³/mol. The van der Waals surface area contributed by atoms with Crippen molar-refractivity contribution in [3.05, 3.63) is 81.1 Å². The van der Waals surface area contributed by atoms with Crippen molar-refractivity contribution < 1.29 is 19.1 Å². The van der Waals surface area contributed by atoms with E-state index in [-0.39, 0.29) is 30.0 Å². The van der Waals surface area contributed by atoms with E-state index in [0.717, 1.165) is 5.39 Å². The molecule has 3 N–H and O–H groups in total. The van der Waals surface area contributed by atoms with Crippen LogP contribution in [-0.2, 0) is 20.7 Å². The van der Waals surface area contributed by atoms with Crippen LogP contribution in [0.15, 0.2) is 59.4 Å². The van der Waals surface area contributed by atoms with Crippen LogP contribution in [0.5, 0.6) is 0 Å². The van der Waals surface area contributed by atoms with Crippen LogP contribution in [-0.4, -0.2) is 42.0 Å². The van der Waals surface area contributed by atoms with Gasteiger partial charge in [-0.2, -0.15) is 0 Å². The molecule has 2 heterocycles. The summed E-state index contributed by atoms with van der Waals surface area (Å²) in [6.07, 6.45) is 6.34. The van der Waals surface area contributed by atoms with Crippen molar-refractivity contribution in [1.82, 2.24) is 15.6 Å². The lowest BCUT2D eigenvalue weighted by molar-refractivity contribution is -0.122. The Bertz CT molecular complexity index is 1350. The Morgan fingerprint density at radius 3 is 2.11 bits per heavy atom. The Morgan fingerprint density at radius 2 is 1.61 bits per heavy atom. The number of rotatable bonds is 5. The highest BCUT2D eigenvalue weighted by molar-refractivity contribution is 6.30. The Kier molecular flexibility index (Phi) is 8.84. The summed E-state index contributed by atoms with van der Waals surface area (Å²) in [4.78, 5) is 49.2. The van der Waals surface area contributed by atoms with Crippen LogP contribution in [0.3, 0.4) is 0 Å². The number of pyridine rings is 1. The molecule has 1 aromatic heterocycles. The van der Waals surface area contributed by atoms with Gasteiger partial charge < -0.3 is 20.4 Å². The number of hydrogen-bond donors (Lipinski definition) is 3. The maximum Gasteiger partial charge on any atom is 0.347 e. The highest BCUT2D eigenvalue weighted by Gasteiger charge is 2.37. The Balaban J connectivity index is 0.000000247. The lowest BCUT2D eigenvalue weighted by atomic mass is 9.60. The van der Waals surface area contributed by atoms with E-state index in [4.69, 9.17) is 11.6 Å². The number of hydrogen-bond acceptors (Lipinski definition) is 5. The van der Waals surface area contributed by atoms with Crippen LogP contribution >= 0.6 is 11.6 Å². The van der Waals surface area contributed by atoms with Crippen LogP contribution in [0, 0.1) is 11.8 Å². The smallest absolute Gasteiger partial charge is 0.347 e. The van der Waals surface area contributed by atoms with Crippen molar-refractivity contribution in [2.45, 2.75) is 51.2 Å². The maximum absolute atomic E-state index is 12.5. The van der Waals surface area contributed by atoms with Crippen molar-refractivity contribution in [3.63, 3.8) is 0 Å². The molecule has 2 aliphatic carbocycles. The quantitative estimate of drug-likeness (QED) is 0.425. The molecule has 3 aliphatic rings. The first kappa shape index (κ1) is 27.4. The number of ether oxygens (including phenoxy) is 1. The zero-order valence-corrected chi connectivity index (χ0v) is 22.2. The van der Waals surface area contributed by atoms with Gasteiger partial charge in [-0.3, -0.25) is 14.4 Å². The zero-order valence-electron chi connectivity index (χ0n) is 21.5. The second-order valence-corrected chi connectivity index (χ2v) is 10.2. The zero-order chi connectivity index (χ0) is 27.2. The number of para-hydroxylation sites is 1. The SMILES string of the molecule is C1CC2CCC12.CC1OC1=O.CNC(=O)C(Cc1cc(=O)[nH]c2ccccc12)NC(=O)c1ccc(Cl)cc1. The van der Waals surface area contributed by atoms with Gasteiger partial charge in [0.15, 0.2) is 6.10 Å². The minimum Gasteiger partial charge on any atom is -0.448 e. The number of nitrogens with one attached hydrogen (secondary N) is 3. The van der Waals surface area contributed by atoms with E-state index in [9.17, 15) is 19.2 Å². The molecule has 9 heteroatoms. The monoisotopic (exact) mass is 537 g/mol. The summed E-state index contributed by atoms with van der Waals surface area (Å²) in [5.74, 6) is 1.61. The number of carbonyl (C=O) groups is 3. The van der Waals surface area contributed by atoms with Crippen LogP contribution < -0.4 is 16.2 Å². The summed E-state index contributed by atoms with van der Waals surface area (Å²) in [6, 6.07) is 14.3. The van der Waals surface area contributed by atoms with Crippen LogP contribution in [0.4, 0.5) is 0 Å². The largest absolute Gasteiger partial charge is 0.448 e. The minimum absolute atomic E-state index is 0.0787. The lowest BCUT2D eigenvalue weighted by Crippen LogP contribution is -2.47. The van der Waals surface area contributed by atoms with Crippen molar-refractivity contribution in [1.29, 1.82) is 0 Å². The third-order valence-corrected chi connectivity index (χ3v) is 7.54. The summed E-state index contributed by atoms with van der Waals surface area (Å²) >= 11 is 5.84. The van der Waals surface area contributed by atoms with E-state index in [1.54, 1.807) is 62.9 Å². The molecule has 1 aliphatic heterocycles. The second-order valence-electron chi connectivity index (χ2n) is 9.81. The molecule has 2 atom stereocenters. The van der Waals surface area contributed by atoms with Crippen LogP contribution in [0.25, 0.3) is 10.9 Å². The summed E-state index contributed by atoms with van der Waals surface area (Å²) in [6.45, 7) is 1.72. The molecule has 1 saturated heterocycles. The summed E-state index contributed by atoms with van der Waals surface area (Å²) in [5, 5.41) is 6.63. The van der Waals surface area contributed by atoms with E-state index in [1.165, 1.54) is 24.9 Å². The summed E-state index contributed by atoms with van der Waals surface area (Å²) in [5.41, 5.74) is 1.49. The van der Waals surface area contributed by atoms with Gasteiger partial charge >= 0.3 is 5.97 Å². The Labute approximate surface area is 226 Å². The average molecular weight is 538 g/mol. The molecule has 0 spiro atoms. The number of epoxide rings is 1. The fourth-order valence-electron chi connectivity index (χ4n) is 4.60. The fraction of sp³-hybridized carbons (Fsp3) is 0.379. The van der Waals surface area contributed by atoms with Crippen molar-refractivity contribution >= 4 is 40.3 Å². The molecule has 2 unspecified atom stereocenters. The first-order valence-corrected chi connectivity index (χ1v) is 13.2. The number of H-pyrrole nitrogens is 1. The molecule has 0 bridgehead atoms. The molecule has 3 aromatic rings. The molecule has 38 heavy (non-hydrogen) atoms. The summed E-state index contributed by atoms with van der Waals surface area (Å²) in [7, 11) is 1.50. The number of fused-ring (bicyclic) bond motifs is 2. The van der Waals surface area contributed by atoms with Gasteiger partial charge in [0.25, 0.3) is 5.91 Å². The highest BCUT2D eigenvalue weighted by Crippen LogP contribution is 2.49. The number of cyclic esters (lactones) is 1. The van der Waals surface area contributed by atoms with E-state index in [0.29, 0.717) is 21.7 Å². The van der Waals surface area contributed by atoms with Crippen LogP contribution in [0.2, 0.25) is 5.02 Å². The second kappa shape index (κ2) is 12.3. The van der Waals surface area contributed by atoms with Gasteiger partial charge in [-0.15, -0.1) is 0 Å². The summed E-state index contributed by atoms with van der Waals surface area (Å²) < 4.78 is 4.28. The van der Waals surface area contributed by atoms with Gasteiger partial charge in [-0.05, 0) is 80.3 Å². The standard InChI is InChI=1S/C20H18ClN3O3.C6H10.C3H4O2/c1-22-20(27)17(24-19(26)12-6-8-14(21)9-7-12)10-13-11-18(25)23-16-5-3-2-4-15(13)16;1-2-6-4-3-5(1)6;1-2-3(4)5-2/h2-9,11,17H,10H2,1H3,(H,22,27)(H,23,25)(H,24,26);5-6H,1-4H2;2H,1H3. The first-order valence-electron chi connectivity index (χ1n) is 12.8. The third kappa shape index (κ3) is 7.01. The highest BCUT2D eigenvalue weighted by atomic mass is 35.5. The molecular formula is C29H32ClN3O5. The molecule has 3 fully saturated rings. The Morgan fingerprint density at radius 1 is 1.03 bits per heavy atom. The van der Waals surface area contributed by atoms with E-state index in [2.05, 4.69) is 20.4 Å². The lowest BCUT2D eigenvalue weighted by Gasteiger charge is -2.46. The number of aromatic nitrogens is 1. The predicted octanol–water partition coefficient (Wildman–Crippen LogP) is 4.01. The van der Waals surface area contributed by atoms with Gasteiger partial charge in [0, 0.05) is 41.0 Å². The first-order chi connectivity index (χ1) is 18.2. The number of likely N-dealkylation sites (N-methyl/N-ethyl adjacent to an activating group) is 1. The third-order valence-electron chi connectivity index (χ3n) is 7.29. The van der Waals surface area contributed by atoms with Gasteiger partial charge in [-0.1, -0.05) is 29.8 Å². The number of aromatic amines is 1. The number of benzene rings is 2. The van der Waals surface area contributed by atoms with Crippen molar-refractivity contribution in [2.24, 2.45) is 11.8 Å². The number of amides is 2. The molecule has 8 nitrogen and oxygen atoms in total. The average Bonchev–Trinajstić information content (AvgIpc) is 3.57. The topological polar surface area (TPSA) is 121 Å². The molecule has 2 aromatic carbocycles. The van der Waals surface area contributed by atoms with E-state index < -0.39 is 11.9 Å². The number of halogens is 1. The Hall–Kier alpha value is -3.65. The minimum atomic E-state index is -0.830. The van der Waals surface area contributed by atoms with E-state index in [1.807, 2.05) is 18.2 Å². The molecule has 2 amide bonds. The molecular weight excluding hydrogens is 506 g/mol. The normalized spacial score (nSPS) is 20.9. The van der Waals surface area contributed by atoms with Gasteiger partial charge in [0.2, 0.25) is 11.5 Å². The molecule has 200 valence electrons. The van der Waals surface area contributed by atoms with Crippen LogP contribution in [0.1, 0.15) is 48.5 Å². The fourth-order valence-corrected chi connectivity index (χ4v) is 4.72. The molecule has 6 rings (SSSR count). The molecule has 0 radical (unpaired) electrons. The van der Waals surface area contributed by atoms with Gasteiger partial charge in [0.1, 0.15) is 6.04 Å². The van der Waals surface area contributed by atoms with Crippen molar-refractivity contribution in [3.8, 4) is 0 Å². The van der Waals surface area contributed by atoms with Gasteiger partial charge in [-0.25, -0.2) is 4.79 Å².